The summed E-state index contributed by atoms with van der Waals surface area (Å²) in [5, 5.41) is 7.04. The number of hydrogen-bond acceptors (Lipinski definition) is 6. The summed E-state index contributed by atoms with van der Waals surface area (Å²) in [6, 6.07) is 15.5. The fourth-order valence-electron chi connectivity index (χ4n) is 4.08. The molecule has 0 atom stereocenters. The van der Waals surface area contributed by atoms with Crippen LogP contribution in [-0.4, -0.2) is 51.2 Å². The molecule has 0 heterocycles. The minimum absolute atomic E-state index is 0.0763. The molecular formula is C27H40N4O4S. The molecule has 0 radical (unpaired) electrons. The second-order valence-electron chi connectivity index (χ2n) is 10.3. The van der Waals surface area contributed by atoms with Gasteiger partial charge < -0.3 is 20.3 Å². The molecule has 2 aromatic rings. The molecular weight excluding hydrogens is 476 g/mol. The van der Waals surface area contributed by atoms with Crippen LogP contribution in [0.5, 0.6) is 0 Å². The van der Waals surface area contributed by atoms with Crippen molar-refractivity contribution in [1.82, 2.24) is 9.62 Å². The number of carbonyl (C=O) groups excluding carboxylic acids is 1. The van der Waals surface area contributed by atoms with Gasteiger partial charge in [0.25, 0.3) is 0 Å². The lowest BCUT2D eigenvalue weighted by molar-refractivity contribution is 0.0302. The lowest BCUT2D eigenvalue weighted by Crippen LogP contribution is -2.39. The van der Waals surface area contributed by atoms with Gasteiger partial charge in [0.05, 0.1) is 16.3 Å². The summed E-state index contributed by atoms with van der Waals surface area (Å²) in [4.78, 5) is 13.7. The topological polar surface area (TPSA) is 99.8 Å². The van der Waals surface area contributed by atoms with Gasteiger partial charge in [-0.25, -0.2) is 17.9 Å². The summed E-state index contributed by atoms with van der Waals surface area (Å²) in [6.45, 7) is 6.21. The molecule has 198 valence electrons. The standard InChI is InChI=1S/C27H40N4O4S/c1-27(2,3)35-26(32)31(4)18-17-29-36(33,34)23-15-16-24(30-22-13-9-6-10-14-22)25(19-23)28-20-21-11-7-5-8-12-21/h5,7-8,11-12,15-16,19,22,28-30H,6,9-10,13-14,17-18,20H2,1-4H3. The third kappa shape index (κ3) is 8.71. The van der Waals surface area contributed by atoms with Gasteiger partial charge in [-0.3, -0.25) is 0 Å². The second kappa shape index (κ2) is 12.5. The molecule has 0 unspecified atom stereocenters. The van der Waals surface area contributed by atoms with E-state index in [1.807, 2.05) is 36.4 Å². The first-order chi connectivity index (χ1) is 17.0. The Morgan fingerprint density at radius 1 is 1.03 bits per heavy atom. The molecule has 0 bridgehead atoms. The van der Waals surface area contributed by atoms with E-state index in [0.717, 1.165) is 29.8 Å². The Labute approximate surface area is 215 Å². The van der Waals surface area contributed by atoms with Gasteiger partial charge in [-0.1, -0.05) is 49.6 Å². The highest BCUT2D eigenvalue weighted by atomic mass is 32.2. The van der Waals surface area contributed by atoms with E-state index < -0.39 is 21.7 Å². The van der Waals surface area contributed by atoms with Gasteiger partial charge in [0, 0.05) is 32.7 Å². The maximum atomic E-state index is 13.0. The molecule has 1 saturated carbocycles. The summed E-state index contributed by atoms with van der Waals surface area (Å²) in [5.74, 6) is 0. The molecule has 1 fully saturated rings. The molecule has 1 aliphatic carbocycles. The van der Waals surface area contributed by atoms with E-state index in [1.165, 1.54) is 24.2 Å². The van der Waals surface area contributed by atoms with Gasteiger partial charge in [-0.05, 0) is 57.4 Å². The molecule has 8 nitrogen and oxygen atoms in total. The first-order valence-electron chi connectivity index (χ1n) is 12.7. The maximum Gasteiger partial charge on any atom is 0.410 e. The number of anilines is 2. The van der Waals surface area contributed by atoms with Crippen molar-refractivity contribution in [2.75, 3.05) is 30.8 Å². The minimum atomic E-state index is -3.77. The Bertz CT molecular complexity index is 1090. The quantitative estimate of drug-likeness (QED) is 0.402. The van der Waals surface area contributed by atoms with Crippen molar-refractivity contribution in [3.8, 4) is 0 Å². The van der Waals surface area contributed by atoms with E-state index in [0.29, 0.717) is 12.6 Å². The second-order valence-corrected chi connectivity index (χ2v) is 12.1. The summed E-state index contributed by atoms with van der Waals surface area (Å²) in [6.07, 6.45) is 5.42. The van der Waals surface area contributed by atoms with Crippen molar-refractivity contribution in [2.45, 2.75) is 76.0 Å². The smallest absolute Gasteiger partial charge is 0.410 e. The Kier molecular flexibility index (Phi) is 9.62. The molecule has 2 aromatic carbocycles. The number of carbonyl (C=O) groups is 1. The van der Waals surface area contributed by atoms with Crippen molar-refractivity contribution in [3.05, 3.63) is 54.1 Å². The molecule has 3 rings (SSSR count). The Hall–Kier alpha value is -2.78. The van der Waals surface area contributed by atoms with Crippen LogP contribution >= 0.6 is 0 Å². The Morgan fingerprint density at radius 2 is 1.72 bits per heavy atom. The van der Waals surface area contributed by atoms with Crippen LogP contribution in [-0.2, 0) is 21.3 Å². The van der Waals surface area contributed by atoms with E-state index in [9.17, 15) is 13.2 Å². The first kappa shape index (κ1) is 27.8. The van der Waals surface area contributed by atoms with E-state index in [-0.39, 0.29) is 18.0 Å². The van der Waals surface area contributed by atoms with Crippen LogP contribution in [0.3, 0.4) is 0 Å². The predicted octanol–water partition coefficient (Wildman–Crippen LogP) is 5.19. The SMILES string of the molecule is CN(CCNS(=O)(=O)c1ccc(NC2CCCCC2)c(NCc2ccccc2)c1)C(=O)OC(C)(C)C. The number of nitrogens with one attached hydrogen (secondary N) is 3. The van der Waals surface area contributed by atoms with Crippen LogP contribution in [0.4, 0.5) is 16.2 Å². The average Bonchev–Trinajstić information content (AvgIpc) is 2.83. The number of likely N-dealkylation sites (N-methyl/N-ethyl adjacent to an activating group) is 1. The largest absolute Gasteiger partial charge is 0.444 e. The van der Waals surface area contributed by atoms with Gasteiger partial charge in [-0.2, -0.15) is 0 Å². The zero-order valence-corrected chi connectivity index (χ0v) is 22.7. The number of sulfonamides is 1. The molecule has 3 N–H and O–H groups in total. The Balaban J connectivity index is 1.69. The number of nitrogens with zero attached hydrogens (tertiary/aromatic N) is 1. The van der Waals surface area contributed by atoms with E-state index in [1.54, 1.807) is 40.0 Å². The average molecular weight is 517 g/mol. The molecule has 1 amide bonds. The zero-order valence-electron chi connectivity index (χ0n) is 21.8. The van der Waals surface area contributed by atoms with Crippen LogP contribution < -0.4 is 15.4 Å². The molecule has 1 aliphatic rings. The summed E-state index contributed by atoms with van der Waals surface area (Å²) < 4.78 is 34.0. The van der Waals surface area contributed by atoms with Crippen LogP contribution in [0.15, 0.2) is 53.4 Å². The Morgan fingerprint density at radius 3 is 2.39 bits per heavy atom. The maximum absolute atomic E-state index is 13.0. The molecule has 36 heavy (non-hydrogen) atoms. The number of rotatable bonds is 10. The third-order valence-electron chi connectivity index (χ3n) is 6.04. The van der Waals surface area contributed by atoms with E-state index in [2.05, 4.69) is 15.4 Å². The van der Waals surface area contributed by atoms with Gasteiger partial charge >= 0.3 is 6.09 Å². The molecule has 0 saturated heterocycles. The molecule has 0 aliphatic heterocycles. The molecule has 9 heteroatoms. The van der Waals surface area contributed by atoms with Crippen LogP contribution in [0.25, 0.3) is 0 Å². The summed E-state index contributed by atoms with van der Waals surface area (Å²) in [5.41, 5.74) is 2.15. The van der Waals surface area contributed by atoms with Crippen molar-refractivity contribution >= 4 is 27.5 Å². The first-order valence-corrected chi connectivity index (χ1v) is 14.1. The van der Waals surface area contributed by atoms with E-state index >= 15 is 0 Å². The molecule has 0 spiro atoms. The predicted molar refractivity (Wildman–Crippen MR) is 145 cm³/mol. The van der Waals surface area contributed by atoms with Crippen molar-refractivity contribution in [3.63, 3.8) is 0 Å². The highest BCUT2D eigenvalue weighted by Gasteiger charge is 2.21. The minimum Gasteiger partial charge on any atom is -0.444 e. The normalized spacial score (nSPS) is 14.8. The van der Waals surface area contributed by atoms with Gasteiger partial charge in [0.15, 0.2) is 0 Å². The number of benzene rings is 2. The fraction of sp³-hybridized carbons (Fsp3) is 0.519. The van der Waals surface area contributed by atoms with Crippen molar-refractivity contribution in [1.29, 1.82) is 0 Å². The lowest BCUT2D eigenvalue weighted by Gasteiger charge is -2.26. The van der Waals surface area contributed by atoms with Gasteiger partial charge in [-0.15, -0.1) is 0 Å². The van der Waals surface area contributed by atoms with E-state index in [4.69, 9.17) is 4.74 Å². The lowest BCUT2D eigenvalue weighted by atomic mass is 9.95. The van der Waals surface area contributed by atoms with Gasteiger partial charge in [0.1, 0.15) is 5.60 Å². The van der Waals surface area contributed by atoms with Crippen LogP contribution in [0.1, 0.15) is 58.4 Å². The third-order valence-corrected chi connectivity index (χ3v) is 7.50. The number of hydrogen-bond donors (Lipinski definition) is 3. The fourth-order valence-corrected chi connectivity index (χ4v) is 5.13. The highest BCUT2D eigenvalue weighted by molar-refractivity contribution is 7.89. The van der Waals surface area contributed by atoms with Crippen molar-refractivity contribution < 1.29 is 17.9 Å². The summed E-state index contributed by atoms with van der Waals surface area (Å²) >= 11 is 0. The van der Waals surface area contributed by atoms with Crippen LogP contribution in [0.2, 0.25) is 0 Å². The number of amides is 1. The summed E-state index contributed by atoms with van der Waals surface area (Å²) in [7, 11) is -2.19. The monoisotopic (exact) mass is 516 g/mol. The highest BCUT2D eigenvalue weighted by Crippen LogP contribution is 2.29. The molecule has 0 aromatic heterocycles. The zero-order chi connectivity index (χ0) is 26.2. The number of ether oxygens (including phenoxy) is 1. The van der Waals surface area contributed by atoms with Crippen LogP contribution in [0, 0.1) is 0 Å². The van der Waals surface area contributed by atoms with Crippen molar-refractivity contribution in [2.24, 2.45) is 0 Å². The van der Waals surface area contributed by atoms with Gasteiger partial charge in [0.2, 0.25) is 10.0 Å².